The molecule has 3 rings (SSSR count). The molecule has 0 radical (unpaired) electrons. The van der Waals surface area contributed by atoms with E-state index < -0.39 is 0 Å². The van der Waals surface area contributed by atoms with Gasteiger partial charge >= 0.3 is 0 Å². The smallest absolute Gasteiger partial charge is 0.133 e. The zero-order valence-electron chi connectivity index (χ0n) is 14.6. The number of piperazine rings is 1. The molecule has 130 valence electrons. The van der Waals surface area contributed by atoms with Gasteiger partial charge in [-0.2, -0.15) is 0 Å². The first-order valence-electron chi connectivity index (χ1n) is 8.45. The molecule has 1 aromatic heterocycles. The van der Waals surface area contributed by atoms with Crippen molar-refractivity contribution in [3.63, 3.8) is 0 Å². The van der Waals surface area contributed by atoms with Crippen molar-refractivity contribution in [3.05, 3.63) is 65.5 Å². The Hall–Kier alpha value is -2.24. The normalized spacial score (nSPS) is 16.5. The number of hydrogen-bond acceptors (Lipinski definition) is 4. The molecule has 1 aliphatic rings. The van der Waals surface area contributed by atoms with Crippen LogP contribution in [0.2, 0.25) is 0 Å². The fourth-order valence-electron chi connectivity index (χ4n) is 2.98. The van der Waals surface area contributed by atoms with E-state index in [1.54, 1.807) is 12.4 Å². The van der Waals surface area contributed by atoms with Crippen LogP contribution in [0.4, 0.5) is 0 Å². The number of hydrogen-bond donors (Lipinski definition) is 1. The number of pyridine rings is 1. The van der Waals surface area contributed by atoms with Gasteiger partial charge in [0, 0.05) is 44.1 Å². The lowest BCUT2D eigenvalue weighted by Gasteiger charge is -2.35. The molecule has 2 aromatic rings. The summed E-state index contributed by atoms with van der Waals surface area (Å²) >= 11 is 5.79. The Morgan fingerprint density at radius 3 is 2.36 bits per heavy atom. The third-order valence-corrected chi connectivity index (χ3v) is 4.96. The molecule has 0 amide bonds. The Balaban J connectivity index is 2.04. The Kier molecular flexibility index (Phi) is 5.46. The van der Waals surface area contributed by atoms with Crippen molar-refractivity contribution in [2.45, 2.75) is 6.92 Å². The summed E-state index contributed by atoms with van der Waals surface area (Å²) in [4.78, 5) is 9.25. The number of thiocarbonyl (C=S) groups is 1. The molecule has 0 aliphatic carbocycles. The van der Waals surface area contributed by atoms with E-state index in [1.807, 2.05) is 43.3 Å². The van der Waals surface area contributed by atoms with Crippen LogP contribution in [0.1, 0.15) is 16.7 Å². The lowest BCUT2D eigenvalue weighted by Crippen LogP contribution is -2.46. The van der Waals surface area contributed by atoms with Gasteiger partial charge in [0.1, 0.15) is 10.7 Å². The number of nitrogens with zero attached hydrogens (tertiary/aromatic N) is 3. The van der Waals surface area contributed by atoms with E-state index in [2.05, 4.69) is 21.8 Å². The second-order valence-electron chi connectivity index (χ2n) is 6.42. The number of aliphatic hydroxyl groups is 1. The molecule has 2 heterocycles. The molecule has 4 nitrogen and oxygen atoms in total. The van der Waals surface area contributed by atoms with Crippen molar-refractivity contribution in [1.82, 2.24) is 14.8 Å². The van der Waals surface area contributed by atoms with Gasteiger partial charge in [0.15, 0.2) is 0 Å². The summed E-state index contributed by atoms with van der Waals surface area (Å²) in [5, 5.41) is 11.0. The monoisotopic (exact) mass is 353 g/mol. The van der Waals surface area contributed by atoms with Gasteiger partial charge in [-0.05, 0) is 37.7 Å². The summed E-state index contributed by atoms with van der Waals surface area (Å²) in [6.07, 6.45) is 3.46. The van der Waals surface area contributed by atoms with E-state index in [4.69, 9.17) is 12.2 Å². The summed E-state index contributed by atoms with van der Waals surface area (Å²) in [6, 6.07) is 11.6. The first-order chi connectivity index (χ1) is 12.1. The molecule has 0 saturated carbocycles. The standard InChI is InChI=1S/C20H23N3OS/c1-15-4-3-5-17(14-15)19(24)18(16-6-8-21-9-7-16)20(25)23-12-10-22(2)11-13-23/h3-9,14,24H,10-13H2,1-2H3/b19-18-. The quantitative estimate of drug-likeness (QED) is 0.520. The van der Waals surface area contributed by atoms with Crippen LogP contribution < -0.4 is 0 Å². The van der Waals surface area contributed by atoms with E-state index in [0.717, 1.165) is 42.9 Å². The summed E-state index contributed by atoms with van der Waals surface area (Å²) < 4.78 is 0. The third-order valence-electron chi connectivity index (χ3n) is 4.50. The summed E-state index contributed by atoms with van der Waals surface area (Å²) in [5.74, 6) is 0.221. The second kappa shape index (κ2) is 7.76. The van der Waals surface area contributed by atoms with Crippen LogP contribution in [0.5, 0.6) is 0 Å². The van der Waals surface area contributed by atoms with Crippen LogP contribution in [0.3, 0.4) is 0 Å². The minimum atomic E-state index is 0.221. The van der Waals surface area contributed by atoms with E-state index in [-0.39, 0.29) is 5.76 Å². The predicted molar refractivity (Wildman–Crippen MR) is 107 cm³/mol. The number of aryl methyl sites for hydroxylation is 1. The molecule has 25 heavy (non-hydrogen) atoms. The van der Waals surface area contributed by atoms with Gasteiger partial charge in [0.2, 0.25) is 0 Å². The van der Waals surface area contributed by atoms with Crippen LogP contribution in [-0.2, 0) is 0 Å². The number of aliphatic hydroxyl groups excluding tert-OH is 1. The SMILES string of the molecule is Cc1cccc(/C(O)=C(/C(=S)N2CCN(C)CC2)c2ccncc2)c1. The van der Waals surface area contributed by atoms with Crippen LogP contribution in [0.25, 0.3) is 11.3 Å². The topological polar surface area (TPSA) is 39.6 Å². The molecule has 1 aromatic carbocycles. The highest BCUT2D eigenvalue weighted by Gasteiger charge is 2.23. The maximum Gasteiger partial charge on any atom is 0.133 e. The Bertz CT molecular complexity index is 781. The lowest BCUT2D eigenvalue weighted by molar-refractivity contribution is 0.218. The first kappa shape index (κ1) is 17.6. The van der Waals surface area contributed by atoms with Crippen LogP contribution in [0, 0.1) is 6.92 Å². The minimum Gasteiger partial charge on any atom is -0.507 e. The van der Waals surface area contributed by atoms with E-state index in [1.165, 1.54) is 0 Å². The molecule has 0 spiro atoms. The van der Waals surface area contributed by atoms with Gasteiger partial charge in [-0.3, -0.25) is 4.98 Å². The molecular weight excluding hydrogens is 330 g/mol. The van der Waals surface area contributed by atoms with E-state index >= 15 is 0 Å². The molecule has 1 aliphatic heterocycles. The average Bonchev–Trinajstić information content (AvgIpc) is 2.63. The molecule has 1 N–H and O–H groups in total. The molecule has 1 fully saturated rings. The highest BCUT2D eigenvalue weighted by molar-refractivity contribution is 7.81. The molecule has 0 bridgehead atoms. The average molecular weight is 353 g/mol. The molecular formula is C20H23N3OS. The van der Waals surface area contributed by atoms with Gasteiger partial charge < -0.3 is 14.9 Å². The lowest BCUT2D eigenvalue weighted by atomic mass is 10.00. The summed E-state index contributed by atoms with van der Waals surface area (Å²) in [5.41, 5.74) is 3.47. The predicted octanol–water partition coefficient (Wildman–Crippen LogP) is 3.39. The van der Waals surface area contributed by atoms with Crippen molar-refractivity contribution in [1.29, 1.82) is 0 Å². The largest absolute Gasteiger partial charge is 0.507 e. The fourth-order valence-corrected chi connectivity index (χ4v) is 3.38. The van der Waals surface area contributed by atoms with E-state index in [9.17, 15) is 5.11 Å². The Morgan fingerprint density at radius 2 is 1.72 bits per heavy atom. The minimum absolute atomic E-state index is 0.221. The van der Waals surface area contributed by atoms with Crippen molar-refractivity contribution in [2.24, 2.45) is 0 Å². The van der Waals surface area contributed by atoms with Gasteiger partial charge in [-0.15, -0.1) is 0 Å². The second-order valence-corrected chi connectivity index (χ2v) is 6.81. The van der Waals surface area contributed by atoms with Crippen LogP contribution in [0.15, 0.2) is 48.8 Å². The Morgan fingerprint density at radius 1 is 1.04 bits per heavy atom. The summed E-state index contributed by atoms with van der Waals surface area (Å²) in [7, 11) is 2.12. The highest BCUT2D eigenvalue weighted by Crippen LogP contribution is 2.28. The van der Waals surface area contributed by atoms with Crippen molar-refractivity contribution >= 4 is 28.5 Å². The van der Waals surface area contributed by atoms with Gasteiger partial charge in [0.25, 0.3) is 0 Å². The summed E-state index contributed by atoms with van der Waals surface area (Å²) in [6.45, 7) is 5.68. The number of benzene rings is 1. The molecule has 5 heteroatoms. The van der Waals surface area contributed by atoms with Crippen LogP contribution in [-0.4, -0.2) is 58.1 Å². The zero-order valence-corrected chi connectivity index (χ0v) is 15.5. The maximum absolute atomic E-state index is 11.0. The molecule has 0 unspecified atom stereocenters. The van der Waals surface area contributed by atoms with Gasteiger partial charge in [0.05, 0.1) is 5.57 Å². The maximum atomic E-state index is 11.0. The van der Waals surface area contributed by atoms with Gasteiger partial charge in [-0.25, -0.2) is 0 Å². The third kappa shape index (κ3) is 4.06. The first-order valence-corrected chi connectivity index (χ1v) is 8.85. The van der Waals surface area contributed by atoms with E-state index in [0.29, 0.717) is 10.6 Å². The van der Waals surface area contributed by atoms with Crippen molar-refractivity contribution < 1.29 is 5.11 Å². The number of rotatable bonds is 3. The van der Waals surface area contributed by atoms with Crippen molar-refractivity contribution in [3.8, 4) is 0 Å². The molecule has 1 saturated heterocycles. The molecule has 0 atom stereocenters. The van der Waals surface area contributed by atoms with Crippen LogP contribution >= 0.6 is 12.2 Å². The fraction of sp³-hybridized carbons (Fsp3) is 0.300. The number of aromatic nitrogens is 1. The highest BCUT2D eigenvalue weighted by atomic mass is 32.1. The zero-order chi connectivity index (χ0) is 17.8. The van der Waals surface area contributed by atoms with Crippen molar-refractivity contribution in [2.75, 3.05) is 33.2 Å². The van der Waals surface area contributed by atoms with Gasteiger partial charge in [-0.1, -0.05) is 36.0 Å². The number of likely N-dealkylation sites (N-methyl/N-ethyl adjacent to an activating group) is 1. The Labute approximate surface area is 154 Å².